The minimum atomic E-state index is -0.0147. The fourth-order valence-corrected chi connectivity index (χ4v) is 2.52. The van der Waals surface area contributed by atoms with Crippen LogP contribution in [-0.2, 0) is 17.6 Å². The maximum atomic E-state index is 12.1. The standard InChI is InChI=1S/C20H19N5O2/c1-2-13-27-19-9-5-16(6-10-19)11-12-21-20(26)14-17-3-7-18(8-4-17)25-15-22-23-24-25/h1,3-10,15H,11-14H2,(H,21,26). The Labute approximate surface area is 157 Å². The van der Waals surface area contributed by atoms with Gasteiger partial charge in [-0.2, -0.15) is 0 Å². The molecule has 3 rings (SSSR count). The zero-order valence-corrected chi connectivity index (χ0v) is 14.7. The molecule has 0 bridgehead atoms. The largest absolute Gasteiger partial charge is 0.481 e. The monoisotopic (exact) mass is 361 g/mol. The van der Waals surface area contributed by atoms with Crippen molar-refractivity contribution in [3.05, 3.63) is 66.0 Å². The van der Waals surface area contributed by atoms with Crippen LogP contribution in [0, 0.1) is 12.3 Å². The van der Waals surface area contributed by atoms with Gasteiger partial charge in [0.25, 0.3) is 0 Å². The fourth-order valence-electron chi connectivity index (χ4n) is 2.52. The van der Waals surface area contributed by atoms with Crippen molar-refractivity contribution in [1.29, 1.82) is 0 Å². The van der Waals surface area contributed by atoms with Crippen LogP contribution in [0.5, 0.6) is 5.75 Å². The van der Waals surface area contributed by atoms with Gasteiger partial charge in [0.15, 0.2) is 0 Å². The zero-order valence-electron chi connectivity index (χ0n) is 14.7. The lowest BCUT2D eigenvalue weighted by Gasteiger charge is -2.07. The molecule has 1 heterocycles. The van der Waals surface area contributed by atoms with Crippen LogP contribution >= 0.6 is 0 Å². The van der Waals surface area contributed by atoms with Crippen LogP contribution in [0.4, 0.5) is 0 Å². The minimum Gasteiger partial charge on any atom is -0.481 e. The predicted molar refractivity (Wildman–Crippen MR) is 100 cm³/mol. The van der Waals surface area contributed by atoms with Crippen LogP contribution < -0.4 is 10.1 Å². The molecule has 136 valence electrons. The Morgan fingerprint density at radius 2 is 1.85 bits per heavy atom. The summed E-state index contributed by atoms with van der Waals surface area (Å²) in [5.41, 5.74) is 2.90. The quantitative estimate of drug-likeness (QED) is 0.616. The molecule has 27 heavy (non-hydrogen) atoms. The second-order valence-electron chi connectivity index (χ2n) is 5.83. The lowest BCUT2D eigenvalue weighted by molar-refractivity contribution is -0.120. The highest BCUT2D eigenvalue weighted by atomic mass is 16.5. The van der Waals surface area contributed by atoms with E-state index in [2.05, 4.69) is 26.8 Å². The maximum absolute atomic E-state index is 12.1. The van der Waals surface area contributed by atoms with Crippen molar-refractivity contribution >= 4 is 5.91 Å². The number of tetrazole rings is 1. The molecule has 2 aromatic carbocycles. The van der Waals surface area contributed by atoms with Gasteiger partial charge >= 0.3 is 0 Å². The van der Waals surface area contributed by atoms with Gasteiger partial charge in [0.2, 0.25) is 5.91 Å². The molecule has 0 atom stereocenters. The first kappa shape index (κ1) is 18.1. The van der Waals surface area contributed by atoms with Gasteiger partial charge in [-0.25, -0.2) is 4.68 Å². The average molecular weight is 361 g/mol. The average Bonchev–Trinajstić information content (AvgIpc) is 3.23. The van der Waals surface area contributed by atoms with Crippen molar-refractivity contribution in [1.82, 2.24) is 25.5 Å². The highest BCUT2D eigenvalue weighted by Gasteiger charge is 2.05. The molecule has 0 aliphatic heterocycles. The Bertz CT molecular complexity index is 897. The third kappa shape index (κ3) is 5.41. The summed E-state index contributed by atoms with van der Waals surface area (Å²) in [4.78, 5) is 12.1. The van der Waals surface area contributed by atoms with E-state index in [9.17, 15) is 4.79 Å². The molecular weight excluding hydrogens is 342 g/mol. The van der Waals surface area contributed by atoms with Crippen LogP contribution in [0.15, 0.2) is 54.9 Å². The first-order valence-electron chi connectivity index (χ1n) is 8.49. The molecule has 1 N–H and O–H groups in total. The summed E-state index contributed by atoms with van der Waals surface area (Å²) in [6.45, 7) is 0.832. The van der Waals surface area contributed by atoms with Crippen LogP contribution in [0.2, 0.25) is 0 Å². The Morgan fingerprint density at radius 1 is 1.11 bits per heavy atom. The molecule has 0 fully saturated rings. The van der Waals surface area contributed by atoms with Gasteiger partial charge in [-0.05, 0) is 52.2 Å². The number of benzene rings is 2. The van der Waals surface area contributed by atoms with Crippen molar-refractivity contribution in [2.75, 3.05) is 13.2 Å². The van der Waals surface area contributed by atoms with Gasteiger partial charge < -0.3 is 10.1 Å². The first-order chi connectivity index (χ1) is 13.2. The number of terminal acetylenes is 1. The number of rotatable bonds is 8. The van der Waals surface area contributed by atoms with Crippen molar-refractivity contribution in [2.24, 2.45) is 0 Å². The van der Waals surface area contributed by atoms with Crippen LogP contribution in [0.25, 0.3) is 5.69 Å². The number of aromatic nitrogens is 4. The lowest BCUT2D eigenvalue weighted by atomic mass is 10.1. The molecule has 0 saturated carbocycles. The molecule has 3 aromatic rings. The van der Waals surface area contributed by atoms with Gasteiger partial charge in [-0.3, -0.25) is 4.79 Å². The van der Waals surface area contributed by atoms with E-state index in [1.165, 1.54) is 6.33 Å². The van der Waals surface area contributed by atoms with Crippen molar-refractivity contribution in [3.8, 4) is 23.8 Å². The summed E-state index contributed by atoms with van der Waals surface area (Å²) >= 11 is 0. The molecule has 7 heteroatoms. The molecule has 0 spiro atoms. The van der Waals surface area contributed by atoms with Crippen molar-refractivity contribution in [3.63, 3.8) is 0 Å². The molecule has 0 aliphatic rings. The topological polar surface area (TPSA) is 81.9 Å². The van der Waals surface area contributed by atoms with Gasteiger partial charge in [0, 0.05) is 6.54 Å². The minimum absolute atomic E-state index is 0.0147. The normalized spacial score (nSPS) is 10.2. The van der Waals surface area contributed by atoms with Gasteiger partial charge in [-0.15, -0.1) is 11.5 Å². The Morgan fingerprint density at radius 3 is 2.52 bits per heavy atom. The number of carbonyl (C=O) groups is 1. The molecule has 0 saturated heterocycles. The summed E-state index contributed by atoms with van der Waals surface area (Å²) in [5.74, 6) is 3.15. The number of nitrogens with zero attached hydrogens (tertiary/aromatic N) is 4. The van der Waals surface area contributed by atoms with Gasteiger partial charge in [0.1, 0.15) is 18.7 Å². The third-order valence-electron chi connectivity index (χ3n) is 3.90. The highest BCUT2D eigenvalue weighted by molar-refractivity contribution is 5.78. The third-order valence-corrected chi connectivity index (χ3v) is 3.90. The van der Waals surface area contributed by atoms with E-state index in [0.29, 0.717) is 13.0 Å². The number of carbonyl (C=O) groups excluding carboxylic acids is 1. The zero-order chi connectivity index (χ0) is 18.9. The summed E-state index contributed by atoms with van der Waals surface area (Å²) in [5, 5.41) is 14.0. The van der Waals surface area contributed by atoms with Crippen LogP contribution in [0.1, 0.15) is 11.1 Å². The van der Waals surface area contributed by atoms with Gasteiger partial charge in [0.05, 0.1) is 12.1 Å². The summed E-state index contributed by atoms with van der Waals surface area (Å²) in [6.07, 6.45) is 7.76. The lowest BCUT2D eigenvalue weighted by Crippen LogP contribution is -2.27. The van der Waals surface area contributed by atoms with Crippen molar-refractivity contribution < 1.29 is 9.53 Å². The van der Waals surface area contributed by atoms with E-state index in [4.69, 9.17) is 11.2 Å². The Balaban J connectivity index is 1.42. The fraction of sp³-hybridized carbons (Fsp3) is 0.200. The predicted octanol–water partition coefficient (Wildman–Crippen LogP) is 1.58. The smallest absolute Gasteiger partial charge is 0.224 e. The van der Waals surface area contributed by atoms with Crippen molar-refractivity contribution in [2.45, 2.75) is 12.8 Å². The van der Waals surface area contributed by atoms with E-state index in [-0.39, 0.29) is 12.5 Å². The van der Waals surface area contributed by atoms with E-state index in [0.717, 1.165) is 29.0 Å². The van der Waals surface area contributed by atoms with E-state index in [1.54, 1.807) is 4.68 Å². The number of ether oxygens (including phenoxy) is 1. The SMILES string of the molecule is C#CCOc1ccc(CCNC(=O)Cc2ccc(-n3cnnn3)cc2)cc1. The van der Waals surface area contributed by atoms with E-state index in [1.807, 2.05) is 48.5 Å². The first-order valence-corrected chi connectivity index (χ1v) is 8.49. The Hall–Kier alpha value is -3.66. The molecular formula is C20H19N5O2. The van der Waals surface area contributed by atoms with Crippen LogP contribution in [0.3, 0.4) is 0 Å². The maximum Gasteiger partial charge on any atom is 0.224 e. The summed E-state index contributed by atoms with van der Waals surface area (Å²) in [6, 6.07) is 15.2. The second kappa shape index (κ2) is 9.15. The molecule has 7 nitrogen and oxygen atoms in total. The summed E-state index contributed by atoms with van der Waals surface area (Å²) < 4.78 is 6.90. The number of amides is 1. The molecule has 1 amide bonds. The van der Waals surface area contributed by atoms with Gasteiger partial charge in [-0.1, -0.05) is 30.2 Å². The highest BCUT2D eigenvalue weighted by Crippen LogP contribution is 2.12. The molecule has 0 radical (unpaired) electrons. The molecule has 1 aromatic heterocycles. The van der Waals surface area contributed by atoms with E-state index < -0.39 is 0 Å². The number of hydrogen-bond donors (Lipinski definition) is 1. The number of hydrogen-bond acceptors (Lipinski definition) is 5. The van der Waals surface area contributed by atoms with E-state index >= 15 is 0 Å². The second-order valence-corrected chi connectivity index (χ2v) is 5.83. The molecule has 0 aliphatic carbocycles. The Kier molecular flexibility index (Phi) is 6.15. The molecule has 0 unspecified atom stereocenters. The van der Waals surface area contributed by atoms with Crippen LogP contribution in [-0.4, -0.2) is 39.3 Å². The number of nitrogens with one attached hydrogen (secondary N) is 1. The summed E-state index contributed by atoms with van der Waals surface area (Å²) in [7, 11) is 0.